The van der Waals surface area contributed by atoms with E-state index in [0.717, 1.165) is 12.1 Å². The number of hydrogen-bond donors (Lipinski definition) is 1. The number of nitro benzene ring substituents is 1. The summed E-state index contributed by atoms with van der Waals surface area (Å²) in [5, 5.41) is 13.5. The average molecular weight is 393 g/mol. The fraction of sp³-hybridized carbons (Fsp3) is 0.118. The molecule has 2 aromatic carbocycles. The lowest BCUT2D eigenvalue weighted by Crippen LogP contribution is -2.21. The number of methoxy groups -OCH3 is 1. The fourth-order valence-corrected chi connectivity index (χ4v) is 2.24. The smallest absolute Gasteiger partial charge is 0.345 e. The normalized spacial score (nSPS) is 10.0. The van der Waals surface area contributed by atoms with Gasteiger partial charge in [0.15, 0.2) is 6.61 Å². The van der Waals surface area contributed by atoms with Gasteiger partial charge < -0.3 is 14.8 Å². The molecule has 0 aliphatic carbocycles. The number of benzene rings is 2. The van der Waals surface area contributed by atoms with Gasteiger partial charge in [-0.05, 0) is 30.3 Å². The number of ether oxygens (including phenoxy) is 2. The number of esters is 2. The van der Waals surface area contributed by atoms with Gasteiger partial charge in [-0.15, -0.1) is 0 Å². The van der Waals surface area contributed by atoms with Gasteiger partial charge in [0.2, 0.25) is 0 Å². The Kier molecular flexibility index (Phi) is 6.45. The van der Waals surface area contributed by atoms with E-state index >= 15 is 0 Å². The van der Waals surface area contributed by atoms with Crippen molar-refractivity contribution < 1.29 is 28.8 Å². The maximum absolute atomic E-state index is 12.0. The summed E-state index contributed by atoms with van der Waals surface area (Å²) in [6.07, 6.45) is 0. The Bertz CT molecular complexity index is 914. The summed E-state index contributed by atoms with van der Waals surface area (Å²) in [4.78, 5) is 45.6. The minimum absolute atomic E-state index is 0.0847. The number of nitrogens with one attached hydrogen (secondary N) is 1. The van der Waals surface area contributed by atoms with E-state index in [-0.39, 0.29) is 21.8 Å². The van der Waals surface area contributed by atoms with Crippen LogP contribution in [0.25, 0.3) is 0 Å². The maximum Gasteiger partial charge on any atom is 0.345 e. The standard InChI is InChI=1S/C17H13ClN2O7/c1-26-16(22)10-3-2-4-12(7-10)19-15(21)9-27-17(23)13-6-5-11(18)8-14(13)20(24)25/h2-8H,9H2,1H3,(H,19,21). The van der Waals surface area contributed by atoms with E-state index in [1.54, 1.807) is 0 Å². The van der Waals surface area contributed by atoms with E-state index in [2.05, 4.69) is 10.1 Å². The molecule has 9 nitrogen and oxygen atoms in total. The van der Waals surface area contributed by atoms with Gasteiger partial charge in [0, 0.05) is 16.8 Å². The number of carbonyl (C=O) groups excluding carboxylic acids is 3. The SMILES string of the molecule is COC(=O)c1cccc(NC(=O)COC(=O)c2ccc(Cl)cc2[N+](=O)[O-])c1. The highest BCUT2D eigenvalue weighted by atomic mass is 35.5. The maximum atomic E-state index is 12.0. The van der Waals surface area contributed by atoms with Crippen LogP contribution in [-0.4, -0.2) is 36.5 Å². The minimum atomic E-state index is -1.04. The molecule has 0 saturated carbocycles. The zero-order valence-electron chi connectivity index (χ0n) is 13.9. The Balaban J connectivity index is 2.01. The van der Waals surface area contributed by atoms with Crippen molar-refractivity contribution in [1.82, 2.24) is 0 Å². The first-order valence-corrected chi connectivity index (χ1v) is 7.79. The molecular weight excluding hydrogens is 380 g/mol. The minimum Gasteiger partial charge on any atom is -0.465 e. The van der Waals surface area contributed by atoms with Crippen molar-refractivity contribution in [3.8, 4) is 0 Å². The van der Waals surface area contributed by atoms with Crippen LogP contribution in [0.1, 0.15) is 20.7 Å². The molecule has 0 aliphatic heterocycles. The summed E-state index contributed by atoms with van der Waals surface area (Å²) in [6, 6.07) is 9.39. The second-order valence-electron chi connectivity index (χ2n) is 5.12. The Hall–Kier alpha value is -3.46. The summed E-state index contributed by atoms with van der Waals surface area (Å²) < 4.78 is 9.38. The first-order valence-electron chi connectivity index (χ1n) is 7.41. The number of amides is 1. The second-order valence-corrected chi connectivity index (χ2v) is 5.55. The van der Waals surface area contributed by atoms with Crippen LogP contribution in [0.3, 0.4) is 0 Å². The van der Waals surface area contributed by atoms with Gasteiger partial charge in [0.25, 0.3) is 11.6 Å². The van der Waals surface area contributed by atoms with Crippen molar-refractivity contribution >= 4 is 40.8 Å². The number of halogens is 1. The molecule has 27 heavy (non-hydrogen) atoms. The lowest BCUT2D eigenvalue weighted by Gasteiger charge is -2.08. The predicted octanol–water partition coefficient (Wildman–Crippen LogP) is 2.83. The summed E-state index contributed by atoms with van der Waals surface area (Å²) >= 11 is 5.68. The van der Waals surface area contributed by atoms with Crippen molar-refractivity contribution in [3.63, 3.8) is 0 Å². The van der Waals surface area contributed by atoms with Crippen molar-refractivity contribution in [2.75, 3.05) is 19.0 Å². The van der Waals surface area contributed by atoms with Crippen LogP contribution in [0.4, 0.5) is 11.4 Å². The largest absolute Gasteiger partial charge is 0.465 e. The molecule has 1 N–H and O–H groups in total. The van der Waals surface area contributed by atoms with Crippen molar-refractivity contribution in [2.45, 2.75) is 0 Å². The third kappa shape index (κ3) is 5.25. The van der Waals surface area contributed by atoms with Crippen LogP contribution in [0, 0.1) is 10.1 Å². The van der Waals surface area contributed by atoms with Gasteiger partial charge in [0.05, 0.1) is 17.6 Å². The molecule has 0 heterocycles. The Labute approximate surface area is 158 Å². The molecule has 1 amide bonds. The quantitative estimate of drug-likeness (QED) is 0.455. The number of nitrogens with zero attached hydrogens (tertiary/aromatic N) is 1. The van der Waals surface area contributed by atoms with E-state index in [1.165, 1.54) is 37.4 Å². The van der Waals surface area contributed by atoms with E-state index in [0.29, 0.717) is 0 Å². The molecule has 0 aromatic heterocycles. The average Bonchev–Trinajstić information content (AvgIpc) is 2.65. The summed E-state index contributed by atoms with van der Waals surface area (Å²) in [5.41, 5.74) is -0.343. The Morgan fingerprint density at radius 2 is 1.89 bits per heavy atom. The molecule has 0 unspecified atom stereocenters. The highest BCUT2D eigenvalue weighted by molar-refractivity contribution is 6.31. The van der Waals surface area contributed by atoms with Crippen molar-refractivity contribution in [3.05, 3.63) is 68.7 Å². The van der Waals surface area contributed by atoms with E-state index in [4.69, 9.17) is 16.3 Å². The molecule has 140 valence electrons. The second kappa shape index (κ2) is 8.77. The molecule has 0 atom stereocenters. The van der Waals surface area contributed by atoms with Crippen LogP contribution in [-0.2, 0) is 14.3 Å². The van der Waals surface area contributed by atoms with E-state index in [9.17, 15) is 24.5 Å². The van der Waals surface area contributed by atoms with E-state index in [1.807, 2.05) is 0 Å². The summed E-state index contributed by atoms with van der Waals surface area (Å²) in [6.45, 7) is -0.679. The number of nitro groups is 1. The predicted molar refractivity (Wildman–Crippen MR) is 94.8 cm³/mol. The number of carbonyl (C=O) groups is 3. The molecule has 2 aromatic rings. The number of anilines is 1. The lowest BCUT2D eigenvalue weighted by molar-refractivity contribution is -0.385. The number of rotatable bonds is 6. The van der Waals surface area contributed by atoms with Crippen LogP contribution in [0.5, 0.6) is 0 Å². The molecule has 0 aliphatic rings. The van der Waals surface area contributed by atoms with Crippen LogP contribution >= 0.6 is 11.6 Å². The monoisotopic (exact) mass is 392 g/mol. The first-order chi connectivity index (χ1) is 12.8. The zero-order valence-corrected chi connectivity index (χ0v) is 14.7. The summed E-state index contributed by atoms with van der Waals surface area (Å²) in [7, 11) is 1.23. The molecular formula is C17H13ClN2O7. The van der Waals surface area contributed by atoms with Gasteiger partial charge in [-0.2, -0.15) is 0 Å². The van der Waals surface area contributed by atoms with Gasteiger partial charge >= 0.3 is 11.9 Å². The Morgan fingerprint density at radius 1 is 1.15 bits per heavy atom. The Morgan fingerprint density at radius 3 is 2.56 bits per heavy atom. The van der Waals surface area contributed by atoms with Gasteiger partial charge in [0.1, 0.15) is 5.56 Å². The highest BCUT2D eigenvalue weighted by Gasteiger charge is 2.22. The topological polar surface area (TPSA) is 125 Å². The summed E-state index contributed by atoms with van der Waals surface area (Å²) in [5.74, 6) is -2.31. The molecule has 0 spiro atoms. The fourth-order valence-electron chi connectivity index (χ4n) is 2.08. The lowest BCUT2D eigenvalue weighted by atomic mass is 10.2. The third-order valence-corrected chi connectivity index (χ3v) is 3.51. The first kappa shape index (κ1) is 19.9. The zero-order chi connectivity index (χ0) is 20.0. The molecule has 10 heteroatoms. The molecule has 2 rings (SSSR count). The van der Waals surface area contributed by atoms with E-state index < -0.39 is 35.1 Å². The van der Waals surface area contributed by atoms with Crippen molar-refractivity contribution in [2.24, 2.45) is 0 Å². The molecule has 0 bridgehead atoms. The van der Waals surface area contributed by atoms with Crippen LogP contribution in [0.2, 0.25) is 5.02 Å². The molecule has 0 radical (unpaired) electrons. The third-order valence-electron chi connectivity index (χ3n) is 3.28. The van der Waals surface area contributed by atoms with Gasteiger partial charge in [-0.1, -0.05) is 17.7 Å². The molecule has 0 fully saturated rings. The highest BCUT2D eigenvalue weighted by Crippen LogP contribution is 2.23. The van der Waals surface area contributed by atoms with Gasteiger partial charge in [-0.3, -0.25) is 14.9 Å². The van der Waals surface area contributed by atoms with Crippen molar-refractivity contribution in [1.29, 1.82) is 0 Å². The van der Waals surface area contributed by atoms with Gasteiger partial charge in [-0.25, -0.2) is 9.59 Å². The van der Waals surface area contributed by atoms with Crippen LogP contribution in [0.15, 0.2) is 42.5 Å². The molecule has 0 saturated heterocycles. The van der Waals surface area contributed by atoms with Crippen LogP contribution < -0.4 is 5.32 Å². The number of hydrogen-bond acceptors (Lipinski definition) is 7.